The van der Waals surface area contributed by atoms with E-state index in [1.807, 2.05) is 0 Å². The van der Waals surface area contributed by atoms with Gasteiger partial charge in [-0.15, -0.1) is 0 Å². The quantitative estimate of drug-likeness (QED) is 0.762. The maximum Gasteiger partial charge on any atom is 0.0703 e. The number of hydrogen-bond donors (Lipinski definition) is 1. The maximum atomic E-state index is 9.96. The highest BCUT2D eigenvalue weighted by atomic mass is 16.5. The van der Waals surface area contributed by atoms with Crippen LogP contribution in [-0.2, 0) is 4.74 Å². The van der Waals surface area contributed by atoms with Gasteiger partial charge in [-0.1, -0.05) is 20.8 Å². The van der Waals surface area contributed by atoms with Crippen molar-refractivity contribution in [3.8, 4) is 0 Å². The summed E-state index contributed by atoms with van der Waals surface area (Å²) in [7, 11) is 1.77. The lowest BCUT2D eigenvalue weighted by Gasteiger charge is -2.42. The normalized spacial score (nSPS) is 22.2. The van der Waals surface area contributed by atoms with Crippen LogP contribution in [0.25, 0.3) is 0 Å². The predicted octanol–water partition coefficient (Wildman–Crippen LogP) is 3.13. The number of methoxy groups -OCH3 is 1. The first-order valence-electron chi connectivity index (χ1n) is 6.10. The molecule has 1 unspecified atom stereocenters. The fourth-order valence-electron chi connectivity index (χ4n) is 2.19. The van der Waals surface area contributed by atoms with Gasteiger partial charge in [0.05, 0.1) is 11.7 Å². The molecule has 0 radical (unpaired) electrons. The van der Waals surface area contributed by atoms with Gasteiger partial charge in [-0.2, -0.15) is 0 Å². The first kappa shape index (κ1) is 13.0. The molecule has 1 saturated carbocycles. The molecule has 1 atom stereocenters. The van der Waals surface area contributed by atoms with Gasteiger partial charge in [-0.25, -0.2) is 0 Å². The molecule has 1 fully saturated rings. The third-order valence-electron chi connectivity index (χ3n) is 3.53. The van der Waals surface area contributed by atoms with Gasteiger partial charge in [-0.05, 0) is 37.5 Å². The Labute approximate surface area is 94.0 Å². The predicted molar refractivity (Wildman–Crippen MR) is 62.9 cm³/mol. The second kappa shape index (κ2) is 4.84. The fourth-order valence-corrected chi connectivity index (χ4v) is 2.19. The van der Waals surface area contributed by atoms with E-state index in [1.165, 1.54) is 6.42 Å². The molecule has 2 nitrogen and oxygen atoms in total. The average molecular weight is 214 g/mol. The number of ether oxygens (including phenoxy) is 1. The summed E-state index contributed by atoms with van der Waals surface area (Å²) in [5.74, 6) is 0. The van der Waals surface area contributed by atoms with Crippen LogP contribution in [0.3, 0.4) is 0 Å². The number of aliphatic hydroxyl groups excluding tert-OH is 1. The number of rotatable bonds is 5. The topological polar surface area (TPSA) is 29.5 Å². The Hall–Kier alpha value is -0.0800. The SMILES string of the molecule is COC1(CC(O)CCC(C)(C)C)CCC1. The van der Waals surface area contributed by atoms with Crippen molar-refractivity contribution in [2.75, 3.05) is 7.11 Å². The molecule has 90 valence electrons. The molecule has 0 spiro atoms. The second-order valence-corrected chi connectivity index (χ2v) is 6.20. The molecule has 0 saturated heterocycles. The largest absolute Gasteiger partial charge is 0.393 e. The standard InChI is InChI=1S/C13H26O2/c1-12(2,3)9-6-11(14)10-13(15-4)7-5-8-13/h11,14H,5-10H2,1-4H3. The summed E-state index contributed by atoms with van der Waals surface area (Å²) in [5, 5.41) is 9.96. The highest BCUT2D eigenvalue weighted by Crippen LogP contribution is 2.39. The van der Waals surface area contributed by atoms with Gasteiger partial charge in [-0.3, -0.25) is 0 Å². The van der Waals surface area contributed by atoms with Crippen molar-refractivity contribution in [1.82, 2.24) is 0 Å². The summed E-state index contributed by atoms with van der Waals surface area (Å²) < 4.78 is 5.52. The van der Waals surface area contributed by atoms with Gasteiger partial charge in [0.15, 0.2) is 0 Å². The van der Waals surface area contributed by atoms with E-state index in [0.29, 0.717) is 5.41 Å². The summed E-state index contributed by atoms with van der Waals surface area (Å²) in [5.41, 5.74) is 0.331. The van der Waals surface area contributed by atoms with Crippen molar-refractivity contribution in [3.63, 3.8) is 0 Å². The zero-order valence-corrected chi connectivity index (χ0v) is 10.7. The molecule has 1 rings (SSSR count). The van der Waals surface area contributed by atoms with E-state index >= 15 is 0 Å². The Morgan fingerprint density at radius 1 is 1.33 bits per heavy atom. The Bertz CT molecular complexity index is 184. The van der Waals surface area contributed by atoms with Crippen molar-refractivity contribution in [2.45, 2.75) is 71.0 Å². The minimum atomic E-state index is -0.190. The zero-order valence-electron chi connectivity index (χ0n) is 10.7. The summed E-state index contributed by atoms with van der Waals surface area (Å²) in [6, 6.07) is 0. The third-order valence-corrected chi connectivity index (χ3v) is 3.53. The Morgan fingerprint density at radius 2 is 1.93 bits per heavy atom. The lowest BCUT2D eigenvalue weighted by atomic mass is 9.75. The van der Waals surface area contributed by atoms with Crippen LogP contribution in [0.5, 0.6) is 0 Å². The Kier molecular flexibility index (Phi) is 4.19. The van der Waals surface area contributed by atoms with Crippen molar-refractivity contribution in [1.29, 1.82) is 0 Å². The van der Waals surface area contributed by atoms with Crippen LogP contribution in [0.2, 0.25) is 0 Å². The van der Waals surface area contributed by atoms with Crippen LogP contribution in [0.15, 0.2) is 0 Å². The van der Waals surface area contributed by atoms with E-state index in [4.69, 9.17) is 4.74 Å². The molecule has 2 heteroatoms. The summed E-state index contributed by atoms with van der Waals surface area (Å²) in [4.78, 5) is 0. The van der Waals surface area contributed by atoms with Crippen LogP contribution in [-0.4, -0.2) is 23.9 Å². The molecule has 1 aliphatic carbocycles. The highest BCUT2D eigenvalue weighted by Gasteiger charge is 2.38. The molecule has 0 aromatic rings. The van der Waals surface area contributed by atoms with E-state index < -0.39 is 0 Å². The van der Waals surface area contributed by atoms with Gasteiger partial charge in [0.2, 0.25) is 0 Å². The molecule has 0 aromatic heterocycles. The van der Waals surface area contributed by atoms with Crippen LogP contribution >= 0.6 is 0 Å². The molecule has 0 amide bonds. The fraction of sp³-hybridized carbons (Fsp3) is 1.00. The molecule has 0 heterocycles. The monoisotopic (exact) mass is 214 g/mol. The van der Waals surface area contributed by atoms with E-state index in [-0.39, 0.29) is 11.7 Å². The van der Waals surface area contributed by atoms with Gasteiger partial charge < -0.3 is 9.84 Å². The van der Waals surface area contributed by atoms with Crippen molar-refractivity contribution in [3.05, 3.63) is 0 Å². The minimum Gasteiger partial charge on any atom is -0.393 e. The second-order valence-electron chi connectivity index (χ2n) is 6.20. The van der Waals surface area contributed by atoms with Gasteiger partial charge in [0, 0.05) is 13.5 Å². The number of aliphatic hydroxyl groups is 1. The molecular weight excluding hydrogens is 188 g/mol. The zero-order chi connectivity index (χ0) is 11.5. The van der Waals surface area contributed by atoms with Crippen LogP contribution in [0, 0.1) is 5.41 Å². The number of hydrogen-bond acceptors (Lipinski definition) is 2. The Balaban J connectivity index is 2.26. The third kappa shape index (κ3) is 4.12. The summed E-state index contributed by atoms with van der Waals surface area (Å²) >= 11 is 0. The Morgan fingerprint density at radius 3 is 2.27 bits per heavy atom. The molecular formula is C13H26O2. The maximum absolute atomic E-state index is 9.96. The van der Waals surface area contributed by atoms with Crippen molar-refractivity contribution >= 4 is 0 Å². The highest BCUT2D eigenvalue weighted by molar-refractivity contribution is 4.91. The lowest BCUT2D eigenvalue weighted by molar-refractivity contribution is -0.101. The van der Waals surface area contributed by atoms with Crippen molar-refractivity contribution in [2.24, 2.45) is 5.41 Å². The minimum absolute atomic E-state index is 0.0112. The molecule has 1 aliphatic rings. The molecule has 15 heavy (non-hydrogen) atoms. The van der Waals surface area contributed by atoms with E-state index in [9.17, 15) is 5.11 Å². The summed E-state index contributed by atoms with van der Waals surface area (Å²) in [6.07, 6.45) is 6.10. The van der Waals surface area contributed by atoms with E-state index in [0.717, 1.165) is 32.1 Å². The van der Waals surface area contributed by atoms with Gasteiger partial charge in [0.25, 0.3) is 0 Å². The molecule has 1 N–H and O–H groups in total. The van der Waals surface area contributed by atoms with Gasteiger partial charge in [0.1, 0.15) is 0 Å². The van der Waals surface area contributed by atoms with Crippen LogP contribution in [0.1, 0.15) is 59.3 Å². The van der Waals surface area contributed by atoms with Crippen molar-refractivity contribution < 1.29 is 9.84 Å². The molecule has 0 bridgehead atoms. The first-order valence-corrected chi connectivity index (χ1v) is 6.10. The lowest BCUT2D eigenvalue weighted by Crippen LogP contribution is -2.42. The molecule has 0 aliphatic heterocycles. The van der Waals surface area contributed by atoms with E-state index in [1.54, 1.807) is 7.11 Å². The first-order chi connectivity index (χ1) is 6.87. The molecule has 0 aromatic carbocycles. The van der Waals surface area contributed by atoms with E-state index in [2.05, 4.69) is 20.8 Å². The average Bonchev–Trinajstić information content (AvgIpc) is 2.07. The van der Waals surface area contributed by atoms with Crippen LogP contribution in [0.4, 0.5) is 0 Å². The van der Waals surface area contributed by atoms with Crippen LogP contribution < -0.4 is 0 Å². The summed E-state index contributed by atoms with van der Waals surface area (Å²) in [6.45, 7) is 6.65. The van der Waals surface area contributed by atoms with Gasteiger partial charge >= 0.3 is 0 Å². The smallest absolute Gasteiger partial charge is 0.0703 e.